The van der Waals surface area contributed by atoms with Gasteiger partial charge in [-0.15, -0.1) is 0 Å². The third-order valence-electron chi connectivity index (χ3n) is 3.44. The van der Waals surface area contributed by atoms with Crippen LogP contribution in [-0.2, 0) is 0 Å². The number of amides is 1. The number of aromatic nitrogens is 4. The summed E-state index contributed by atoms with van der Waals surface area (Å²) >= 11 is 0. The largest absolute Gasteiger partial charge is 0.321 e. The second-order valence-corrected chi connectivity index (χ2v) is 4.76. The SMILES string of the molecule is O=C(Nc1cccc2[nH]ncc12)c1ccc2cn[nH]c2c1. The minimum Gasteiger partial charge on any atom is -0.321 e. The maximum atomic E-state index is 12.4. The van der Waals surface area contributed by atoms with E-state index in [1.165, 1.54) is 0 Å². The van der Waals surface area contributed by atoms with Gasteiger partial charge in [0.2, 0.25) is 0 Å². The van der Waals surface area contributed by atoms with Gasteiger partial charge in [-0.1, -0.05) is 12.1 Å². The molecule has 4 aromatic rings. The Hall–Kier alpha value is -3.15. The van der Waals surface area contributed by atoms with Gasteiger partial charge in [-0.25, -0.2) is 0 Å². The van der Waals surface area contributed by atoms with Crippen LogP contribution in [0.15, 0.2) is 48.8 Å². The van der Waals surface area contributed by atoms with Crippen molar-refractivity contribution in [1.29, 1.82) is 0 Å². The van der Waals surface area contributed by atoms with Crippen LogP contribution in [0.1, 0.15) is 10.4 Å². The van der Waals surface area contributed by atoms with Crippen molar-refractivity contribution in [2.45, 2.75) is 0 Å². The fourth-order valence-electron chi connectivity index (χ4n) is 2.35. The molecule has 0 atom stereocenters. The van der Waals surface area contributed by atoms with E-state index in [2.05, 4.69) is 25.7 Å². The zero-order valence-corrected chi connectivity index (χ0v) is 10.9. The summed E-state index contributed by atoms with van der Waals surface area (Å²) in [5.74, 6) is -0.166. The Kier molecular flexibility index (Phi) is 2.47. The third kappa shape index (κ3) is 1.93. The van der Waals surface area contributed by atoms with Crippen molar-refractivity contribution >= 4 is 33.4 Å². The Morgan fingerprint density at radius 2 is 1.86 bits per heavy atom. The molecule has 0 aliphatic heterocycles. The molecule has 6 nitrogen and oxygen atoms in total. The molecule has 2 heterocycles. The molecule has 0 aliphatic carbocycles. The molecule has 2 aromatic heterocycles. The molecule has 0 spiro atoms. The lowest BCUT2D eigenvalue weighted by Gasteiger charge is -2.06. The molecule has 3 N–H and O–H groups in total. The predicted octanol–water partition coefficient (Wildman–Crippen LogP) is 2.69. The van der Waals surface area contributed by atoms with Crippen LogP contribution in [0, 0.1) is 0 Å². The van der Waals surface area contributed by atoms with Crippen LogP contribution in [0.4, 0.5) is 5.69 Å². The number of fused-ring (bicyclic) bond motifs is 2. The first-order chi connectivity index (χ1) is 10.3. The minimum atomic E-state index is -0.166. The summed E-state index contributed by atoms with van der Waals surface area (Å²) in [6, 6.07) is 11.1. The molecular formula is C15H11N5O. The molecule has 0 bridgehead atoms. The molecule has 1 amide bonds. The molecule has 102 valence electrons. The standard InChI is InChI=1S/C15H11N5O/c21-15(9-4-5-10-7-16-20-14(10)6-9)18-12-2-1-3-13-11(12)8-17-19-13/h1-8H,(H,16,20)(H,17,19)(H,18,21). The minimum absolute atomic E-state index is 0.166. The monoisotopic (exact) mass is 277 g/mol. The highest BCUT2D eigenvalue weighted by molar-refractivity contribution is 6.09. The quantitative estimate of drug-likeness (QED) is 0.526. The predicted molar refractivity (Wildman–Crippen MR) is 80.1 cm³/mol. The maximum absolute atomic E-state index is 12.4. The van der Waals surface area contributed by atoms with Crippen LogP contribution in [0.5, 0.6) is 0 Å². The van der Waals surface area contributed by atoms with Crippen molar-refractivity contribution in [2.75, 3.05) is 5.32 Å². The first-order valence-electron chi connectivity index (χ1n) is 6.48. The average Bonchev–Trinajstić information content (AvgIpc) is 3.15. The van der Waals surface area contributed by atoms with Gasteiger partial charge in [0.15, 0.2) is 0 Å². The summed E-state index contributed by atoms with van der Waals surface area (Å²) in [5, 5.41) is 18.4. The highest BCUT2D eigenvalue weighted by Crippen LogP contribution is 2.22. The van der Waals surface area contributed by atoms with Crippen LogP contribution in [0.2, 0.25) is 0 Å². The summed E-state index contributed by atoms with van der Waals surface area (Å²) < 4.78 is 0. The molecule has 0 radical (unpaired) electrons. The third-order valence-corrected chi connectivity index (χ3v) is 3.44. The summed E-state index contributed by atoms with van der Waals surface area (Å²) in [5.41, 5.74) is 3.03. The van der Waals surface area contributed by atoms with Gasteiger partial charge in [-0.3, -0.25) is 15.0 Å². The number of benzene rings is 2. The molecule has 6 heteroatoms. The zero-order chi connectivity index (χ0) is 14.2. The number of hydrogen-bond acceptors (Lipinski definition) is 3. The number of H-pyrrole nitrogens is 2. The second kappa shape index (κ2) is 4.45. The fourth-order valence-corrected chi connectivity index (χ4v) is 2.35. The van der Waals surface area contributed by atoms with Gasteiger partial charge in [-0.05, 0) is 24.3 Å². The summed E-state index contributed by atoms with van der Waals surface area (Å²) in [7, 11) is 0. The highest BCUT2D eigenvalue weighted by atomic mass is 16.1. The van der Waals surface area contributed by atoms with E-state index in [-0.39, 0.29) is 5.91 Å². The summed E-state index contributed by atoms with van der Waals surface area (Å²) in [6.07, 6.45) is 3.42. The van der Waals surface area contributed by atoms with Crippen molar-refractivity contribution in [2.24, 2.45) is 0 Å². The van der Waals surface area contributed by atoms with Crippen molar-refractivity contribution in [3.8, 4) is 0 Å². The van der Waals surface area contributed by atoms with Crippen LogP contribution in [-0.4, -0.2) is 26.3 Å². The van der Waals surface area contributed by atoms with Gasteiger partial charge >= 0.3 is 0 Å². The number of carbonyl (C=O) groups is 1. The molecule has 2 aromatic carbocycles. The number of nitrogens with one attached hydrogen (secondary N) is 3. The lowest BCUT2D eigenvalue weighted by molar-refractivity contribution is 0.102. The smallest absolute Gasteiger partial charge is 0.255 e. The molecule has 0 unspecified atom stereocenters. The van der Waals surface area contributed by atoms with E-state index < -0.39 is 0 Å². The molecule has 0 aliphatic rings. The van der Waals surface area contributed by atoms with E-state index in [9.17, 15) is 4.79 Å². The van der Waals surface area contributed by atoms with Crippen LogP contribution >= 0.6 is 0 Å². The molecule has 21 heavy (non-hydrogen) atoms. The number of aromatic amines is 2. The molecule has 4 rings (SSSR count). The number of hydrogen-bond donors (Lipinski definition) is 3. The van der Waals surface area contributed by atoms with E-state index in [4.69, 9.17) is 0 Å². The Labute approximate surface area is 119 Å². The van der Waals surface area contributed by atoms with Crippen molar-refractivity contribution in [3.63, 3.8) is 0 Å². The molecule has 0 fully saturated rings. The first-order valence-corrected chi connectivity index (χ1v) is 6.48. The van der Waals surface area contributed by atoms with Crippen LogP contribution in [0.25, 0.3) is 21.8 Å². The molecule has 0 saturated carbocycles. The van der Waals surface area contributed by atoms with Gasteiger partial charge in [0, 0.05) is 16.3 Å². The Morgan fingerprint density at radius 1 is 1.00 bits per heavy atom. The second-order valence-electron chi connectivity index (χ2n) is 4.76. The van der Waals surface area contributed by atoms with Crippen molar-refractivity contribution in [1.82, 2.24) is 20.4 Å². The van der Waals surface area contributed by atoms with Crippen LogP contribution in [0.3, 0.4) is 0 Å². The van der Waals surface area contributed by atoms with E-state index in [0.717, 1.165) is 27.5 Å². The van der Waals surface area contributed by atoms with Crippen molar-refractivity contribution in [3.05, 3.63) is 54.4 Å². The Bertz CT molecular complexity index is 953. The molecular weight excluding hydrogens is 266 g/mol. The van der Waals surface area contributed by atoms with Crippen molar-refractivity contribution < 1.29 is 4.79 Å². The average molecular weight is 277 g/mol. The normalized spacial score (nSPS) is 11.0. The first kappa shape index (κ1) is 11.7. The Morgan fingerprint density at radius 3 is 2.81 bits per heavy atom. The lowest BCUT2D eigenvalue weighted by atomic mass is 10.1. The van der Waals surface area contributed by atoms with Crippen LogP contribution < -0.4 is 5.32 Å². The zero-order valence-electron chi connectivity index (χ0n) is 10.9. The van der Waals surface area contributed by atoms with E-state index >= 15 is 0 Å². The number of carbonyl (C=O) groups excluding carboxylic acids is 1. The van der Waals surface area contributed by atoms with Gasteiger partial charge < -0.3 is 5.32 Å². The van der Waals surface area contributed by atoms with Gasteiger partial charge in [-0.2, -0.15) is 10.2 Å². The molecule has 0 saturated heterocycles. The van der Waals surface area contributed by atoms with E-state index in [1.54, 1.807) is 24.5 Å². The van der Waals surface area contributed by atoms with E-state index in [0.29, 0.717) is 5.56 Å². The number of nitrogens with zero attached hydrogens (tertiary/aromatic N) is 2. The van der Waals surface area contributed by atoms with Gasteiger partial charge in [0.25, 0.3) is 5.91 Å². The van der Waals surface area contributed by atoms with Gasteiger partial charge in [0.1, 0.15) is 0 Å². The number of anilines is 1. The lowest BCUT2D eigenvalue weighted by Crippen LogP contribution is -2.11. The Balaban J connectivity index is 1.70. The topological polar surface area (TPSA) is 86.5 Å². The highest BCUT2D eigenvalue weighted by Gasteiger charge is 2.10. The van der Waals surface area contributed by atoms with E-state index in [1.807, 2.05) is 24.3 Å². The number of rotatable bonds is 2. The maximum Gasteiger partial charge on any atom is 0.255 e. The fraction of sp³-hybridized carbons (Fsp3) is 0. The summed E-state index contributed by atoms with van der Waals surface area (Å²) in [6.45, 7) is 0. The van der Waals surface area contributed by atoms with Gasteiger partial charge in [0.05, 0.1) is 29.1 Å². The summed E-state index contributed by atoms with van der Waals surface area (Å²) in [4.78, 5) is 12.4.